The van der Waals surface area contributed by atoms with Crippen molar-refractivity contribution in [2.45, 2.75) is 93.8 Å². The SMILES string of the molecule is CCCCCCCC(CCCC)SC1(C(=O)CC(=O)O)CC=CS1. The molecule has 0 aromatic carbocycles. The van der Waals surface area contributed by atoms with Crippen LogP contribution in [-0.2, 0) is 9.59 Å². The predicted molar refractivity (Wildman–Crippen MR) is 106 cm³/mol. The third-order valence-electron chi connectivity index (χ3n) is 4.34. The quantitative estimate of drug-likeness (QED) is 0.298. The van der Waals surface area contributed by atoms with Crippen LogP contribution in [0, 0.1) is 0 Å². The molecule has 0 radical (unpaired) electrons. The molecule has 0 amide bonds. The summed E-state index contributed by atoms with van der Waals surface area (Å²) in [6.45, 7) is 4.42. The highest BCUT2D eigenvalue weighted by Gasteiger charge is 2.42. The van der Waals surface area contributed by atoms with Crippen molar-refractivity contribution in [3.63, 3.8) is 0 Å². The first-order valence-electron chi connectivity index (χ1n) is 9.29. The summed E-state index contributed by atoms with van der Waals surface area (Å²) in [6.07, 6.45) is 13.2. The highest BCUT2D eigenvalue weighted by molar-refractivity contribution is 8.21. The Balaban J connectivity index is 2.62. The summed E-state index contributed by atoms with van der Waals surface area (Å²) in [5, 5.41) is 11.4. The lowest BCUT2D eigenvalue weighted by molar-refractivity contribution is -0.140. The van der Waals surface area contributed by atoms with Crippen molar-refractivity contribution in [1.82, 2.24) is 0 Å². The molecule has 1 rings (SSSR count). The average molecular weight is 373 g/mol. The first-order valence-corrected chi connectivity index (χ1v) is 11.1. The second-order valence-electron chi connectivity index (χ2n) is 6.53. The molecule has 1 aliphatic heterocycles. The number of Topliss-reactive ketones (excluding diaryl/α,β-unsaturated/α-hetero) is 1. The lowest BCUT2D eigenvalue weighted by Crippen LogP contribution is -2.33. The predicted octanol–water partition coefficient (Wildman–Crippen LogP) is 6.03. The zero-order chi connectivity index (χ0) is 17.8. The van der Waals surface area contributed by atoms with Crippen molar-refractivity contribution in [1.29, 1.82) is 0 Å². The van der Waals surface area contributed by atoms with Gasteiger partial charge in [0.25, 0.3) is 0 Å². The number of aliphatic carboxylic acids is 1. The molecule has 0 saturated carbocycles. The van der Waals surface area contributed by atoms with Crippen LogP contribution in [0.3, 0.4) is 0 Å². The number of carbonyl (C=O) groups is 2. The van der Waals surface area contributed by atoms with Crippen LogP contribution in [0.4, 0.5) is 0 Å². The summed E-state index contributed by atoms with van der Waals surface area (Å²) in [4.78, 5) is 23.5. The molecule has 138 valence electrons. The van der Waals surface area contributed by atoms with Gasteiger partial charge in [0.2, 0.25) is 0 Å². The van der Waals surface area contributed by atoms with Gasteiger partial charge in [-0.3, -0.25) is 9.59 Å². The van der Waals surface area contributed by atoms with E-state index in [2.05, 4.69) is 13.8 Å². The van der Waals surface area contributed by atoms with Crippen molar-refractivity contribution in [3.05, 3.63) is 11.5 Å². The molecule has 1 N–H and O–H groups in total. The van der Waals surface area contributed by atoms with Crippen LogP contribution in [0.15, 0.2) is 11.5 Å². The van der Waals surface area contributed by atoms with Crippen molar-refractivity contribution >= 4 is 35.3 Å². The van der Waals surface area contributed by atoms with Crippen LogP contribution in [0.1, 0.15) is 84.5 Å². The first-order chi connectivity index (χ1) is 11.5. The summed E-state index contributed by atoms with van der Waals surface area (Å²) in [5.74, 6) is -1.15. The van der Waals surface area contributed by atoms with Gasteiger partial charge in [0.15, 0.2) is 5.78 Å². The minimum Gasteiger partial charge on any atom is -0.481 e. The van der Waals surface area contributed by atoms with Crippen molar-refractivity contribution < 1.29 is 14.7 Å². The van der Waals surface area contributed by atoms with Crippen LogP contribution in [-0.4, -0.2) is 26.2 Å². The summed E-state index contributed by atoms with van der Waals surface area (Å²) >= 11 is 3.26. The van der Waals surface area contributed by atoms with E-state index in [4.69, 9.17) is 5.11 Å². The molecule has 0 fully saturated rings. The lowest BCUT2D eigenvalue weighted by atomic mass is 10.1. The highest BCUT2D eigenvalue weighted by atomic mass is 32.2. The molecule has 0 spiro atoms. The smallest absolute Gasteiger partial charge is 0.310 e. The van der Waals surface area contributed by atoms with Gasteiger partial charge in [0.1, 0.15) is 10.5 Å². The normalized spacial score (nSPS) is 21.1. The minimum atomic E-state index is -1.02. The van der Waals surface area contributed by atoms with Crippen LogP contribution >= 0.6 is 23.5 Å². The number of carboxylic acids is 1. The van der Waals surface area contributed by atoms with Crippen LogP contribution in [0.5, 0.6) is 0 Å². The van der Waals surface area contributed by atoms with E-state index in [1.165, 1.54) is 50.3 Å². The third-order valence-corrected chi connectivity index (χ3v) is 7.60. The molecule has 3 nitrogen and oxygen atoms in total. The number of hydrogen-bond donors (Lipinski definition) is 1. The number of carbonyl (C=O) groups excluding carboxylic acids is 1. The Labute approximate surface area is 155 Å². The van der Waals surface area contributed by atoms with E-state index in [-0.39, 0.29) is 12.2 Å². The van der Waals surface area contributed by atoms with E-state index in [9.17, 15) is 9.59 Å². The highest BCUT2D eigenvalue weighted by Crippen LogP contribution is 2.50. The van der Waals surface area contributed by atoms with E-state index in [1.54, 1.807) is 11.8 Å². The zero-order valence-electron chi connectivity index (χ0n) is 15.1. The van der Waals surface area contributed by atoms with Crippen LogP contribution in [0.2, 0.25) is 0 Å². The number of rotatable bonds is 14. The summed E-state index contributed by atoms with van der Waals surface area (Å²) in [7, 11) is 0. The molecule has 24 heavy (non-hydrogen) atoms. The van der Waals surface area contributed by atoms with Gasteiger partial charge in [0.05, 0.1) is 0 Å². The number of unbranched alkanes of at least 4 members (excludes halogenated alkanes) is 5. The van der Waals surface area contributed by atoms with Crippen molar-refractivity contribution in [2.24, 2.45) is 0 Å². The molecule has 0 saturated heterocycles. The molecule has 0 aliphatic carbocycles. The van der Waals surface area contributed by atoms with Gasteiger partial charge in [-0.25, -0.2) is 0 Å². The van der Waals surface area contributed by atoms with Crippen LogP contribution < -0.4 is 0 Å². The maximum Gasteiger partial charge on any atom is 0.310 e. The molecule has 1 aliphatic rings. The van der Waals surface area contributed by atoms with Gasteiger partial charge < -0.3 is 5.11 Å². The number of ketones is 1. The van der Waals surface area contributed by atoms with E-state index >= 15 is 0 Å². The second kappa shape index (κ2) is 12.0. The summed E-state index contributed by atoms with van der Waals surface area (Å²) in [6, 6.07) is 0. The van der Waals surface area contributed by atoms with E-state index in [1.807, 2.05) is 11.5 Å². The molecule has 2 atom stereocenters. The number of thioether (sulfide) groups is 2. The molecule has 0 aromatic rings. The Morgan fingerprint density at radius 2 is 1.79 bits per heavy atom. The molecule has 5 heteroatoms. The van der Waals surface area contributed by atoms with Gasteiger partial charge >= 0.3 is 5.97 Å². The maximum absolute atomic E-state index is 12.5. The Bertz CT molecular complexity index is 413. The lowest BCUT2D eigenvalue weighted by Gasteiger charge is -2.30. The van der Waals surface area contributed by atoms with Gasteiger partial charge in [-0.05, 0) is 24.7 Å². The van der Waals surface area contributed by atoms with E-state index in [0.29, 0.717) is 11.7 Å². The Morgan fingerprint density at radius 1 is 1.12 bits per heavy atom. The topological polar surface area (TPSA) is 54.4 Å². The molecule has 0 bridgehead atoms. The van der Waals surface area contributed by atoms with Gasteiger partial charge in [-0.1, -0.05) is 64.9 Å². The Morgan fingerprint density at radius 3 is 2.38 bits per heavy atom. The number of hydrogen-bond acceptors (Lipinski definition) is 4. The molecular formula is C19H32O3S2. The number of carboxylic acid groups (broad SMARTS) is 1. The van der Waals surface area contributed by atoms with Crippen molar-refractivity contribution in [3.8, 4) is 0 Å². The minimum absolute atomic E-state index is 0.137. The van der Waals surface area contributed by atoms with Crippen molar-refractivity contribution in [2.75, 3.05) is 0 Å². The standard InChI is InChI=1S/C19H32O3S2/c1-3-5-7-8-9-12-16(11-6-4-2)24-19(13-10-14-23-19)17(20)15-18(21)22/h10,14,16H,3-9,11-13,15H2,1-2H3,(H,21,22). The number of allylic oxidation sites excluding steroid dienone is 1. The molecule has 2 unspecified atom stereocenters. The second-order valence-corrected chi connectivity index (χ2v) is 9.59. The van der Waals surface area contributed by atoms with Gasteiger partial charge in [0, 0.05) is 5.25 Å². The van der Waals surface area contributed by atoms with Gasteiger partial charge in [-0.2, -0.15) is 0 Å². The zero-order valence-corrected chi connectivity index (χ0v) is 16.7. The van der Waals surface area contributed by atoms with E-state index in [0.717, 1.165) is 19.3 Å². The maximum atomic E-state index is 12.5. The summed E-state index contributed by atoms with van der Waals surface area (Å²) < 4.78 is -0.597. The first kappa shape index (κ1) is 21.6. The Hall–Kier alpha value is -0.420. The fraction of sp³-hybridized carbons (Fsp3) is 0.789. The van der Waals surface area contributed by atoms with Crippen LogP contribution in [0.25, 0.3) is 0 Å². The monoisotopic (exact) mass is 372 g/mol. The Kier molecular flexibility index (Phi) is 10.8. The fourth-order valence-corrected chi connectivity index (χ4v) is 6.05. The summed E-state index contributed by atoms with van der Waals surface area (Å²) in [5.41, 5.74) is 0. The fourth-order valence-electron chi connectivity index (χ4n) is 2.94. The third kappa shape index (κ3) is 7.64. The largest absolute Gasteiger partial charge is 0.481 e. The van der Waals surface area contributed by atoms with Gasteiger partial charge in [-0.15, -0.1) is 23.5 Å². The average Bonchev–Trinajstić information content (AvgIpc) is 3.01. The van der Waals surface area contributed by atoms with E-state index < -0.39 is 10.0 Å². The molecule has 0 aromatic heterocycles. The molecule has 1 heterocycles. The molecular weight excluding hydrogens is 340 g/mol.